The summed E-state index contributed by atoms with van der Waals surface area (Å²) in [6, 6.07) is 15.6. The van der Waals surface area contributed by atoms with Gasteiger partial charge in [0.2, 0.25) is 5.91 Å². The van der Waals surface area contributed by atoms with E-state index in [4.69, 9.17) is 15.5 Å². The van der Waals surface area contributed by atoms with Crippen LogP contribution in [0.15, 0.2) is 48.5 Å². The first-order valence-corrected chi connectivity index (χ1v) is 11.3. The van der Waals surface area contributed by atoms with Crippen molar-refractivity contribution in [1.82, 2.24) is 9.88 Å². The monoisotopic (exact) mass is 436 g/mol. The molecular formula is C23H24N4O3S. The minimum Gasteiger partial charge on any atom is -0.477 e. The van der Waals surface area contributed by atoms with Crippen LogP contribution in [0.1, 0.15) is 23.8 Å². The number of piperidine rings is 1. The Morgan fingerprint density at radius 1 is 1.13 bits per heavy atom. The van der Waals surface area contributed by atoms with Crippen molar-refractivity contribution in [2.45, 2.75) is 24.9 Å². The van der Waals surface area contributed by atoms with Gasteiger partial charge in [-0.05, 0) is 37.1 Å². The number of carbonyl (C=O) groups excluding carboxylic acids is 2. The minimum absolute atomic E-state index is 0.0470. The lowest BCUT2D eigenvalue weighted by Gasteiger charge is -2.37. The molecular weight excluding hydrogens is 412 g/mol. The van der Waals surface area contributed by atoms with Crippen molar-refractivity contribution in [3.8, 4) is 5.75 Å². The van der Waals surface area contributed by atoms with Crippen LogP contribution in [-0.4, -0.2) is 54.0 Å². The van der Waals surface area contributed by atoms with E-state index in [-0.39, 0.29) is 24.9 Å². The molecule has 3 aromatic rings. The number of anilines is 1. The number of nitrogens with two attached hydrogens (primary N) is 1. The van der Waals surface area contributed by atoms with Crippen LogP contribution in [0.4, 0.5) is 5.69 Å². The molecule has 2 N–H and O–H groups in total. The zero-order valence-electron chi connectivity index (χ0n) is 17.1. The van der Waals surface area contributed by atoms with Gasteiger partial charge in [0.15, 0.2) is 6.10 Å². The molecule has 2 aromatic carbocycles. The first kappa shape index (κ1) is 19.8. The van der Waals surface area contributed by atoms with Crippen molar-refractivity contribution in [2.75, 3.05) is 31.1 Å². The Kier molecular flexibility index (Phi) is 5.23. The molecule has 0 spiro atoms. The van der Waals surface area contributed by atoms with E-state index in [1.807, 2.05) is 46.2 Å². The molecule has 0 radical (unpaired) electrons. The van der Waals surface area contributed by atoms with E-state index in [9.17, 15) is 9.59 Å². The van der Waals surface area contributed by atoms with Gasteiger partial charge in [-0.2, -0.15) is 0 Å². The SMILES string of the molecule is NC(=O)[C@@H]1CN(CC(=O)N2CCC[C@H](c3nc4ccccc4s3)C2)c2ccccc2O1. The Morgan fingerprint density at radius 3 is 2.77 bits per heavy atom. The van der Waals surface area contributed by atoms with Crippen LogP contribution in [0.2, 0.25) is 0 Å². The zero-order valence-corrected chi connectivity index (χ0v) is 17.9. The highest BCUT2D eigenvalue weighted by molar-refractivity contribution is 7.18. The number of hydrogen-bond acceptors (Lipinski definition) is 6. The molecule has 0 aliphatic carbocycles. The van der Waals surface area contributed by atoms with Gasteiger partial charge in [0, 0.05) is 19.0 Å². The maximum Gasteiger partial charge on any atom is 0.260 e. The number of amides is 2. The third kappa shape index (κ3) is 3.95. The van der Waals surface area contributed by atoms with Crippen molar-refractivity contribution in [3.05, 3.63) is 53.5 Å². The minimum atomic E-state index is -0.764. The number of benzene rings is 2. The summed E-state index contributed by atoms with van der Waals surface area (Å²) in [6.07, 6.45) is 1.23. The number of thiazole rings is 1. The largest absolute Gasteiger partial charge is 0.477 e. The van der Waals surface area contributed by atoms with Crippen LogP contribution in [0.5, 0.6) is 5.75 Å². The number of ether oxygens (including phenoxy) is 1. The molecule has 2 aliphatic heterocycles. The van der Waals surface area contributed by atoms with Crippen LogP contribution >= 0.6 is 11.3 Å². The number of para-hydroxylation sites is 3. The van der Waals surface area contributed by atoms with Gasteiger partial charge in [0.25, 0.3) is 5.91 Å². The van der Waals surface area contributed by atoms with Gasteiger partial charge in [-0.1, -0.05) is 24.3 Å². The molecule has 2 aliphatic rings. The van der Waals surface area contributed by atoms with E-state index in [0.717, 1.165) is 35.6 Å². The van der Waals surface area contributed by atoms with Gasteiger partial charge in [-0.3, -0.25) is 9.59 Å². The smallest absolute Gasteiger partial charge is 0.260 e. The van der Waals surface area contributed by atoms with Crippen molar-refractivity contribution in [1.29, 1.82) is 0 Å². The summed E-state index contributed by atoms with van der Waals surface area (Å²) < 4.78 is 6.89. The van der Waals surface area contributed by atoms with Crippen LogP contribution in [0.25, 0.3) is 10.2 Å². The molecule has 8 heteroatoms. The fourth-order valence-electron chi connectivity index (χ4n) is 4.34. The van der Waals surface area contributed by atoms with Gasteiger partial charge >= 0.3 is 0 Å². The number of primary amides is 1. The topological polar surface area (TPSA) is 88.8 Å². The Morgan fingerprint density at radius 2 is 1.94 bits per heavy atom. The summed E-state index contributed by atoms with van der Waals surface area (Å²) in [7, 11) is 0. The van der Waals surface area contributed by atoms with Crippen LogP contribution < -0.4 is 15.4 Å². The molecule has 3 heterocycles. The number of fused-ring (bicyclic) bond motifs is 2. The normalized spacial score (nSPS) is 20.9. The summed E-state index contributed by atoms with van der Waals surface area (Å²) in [6.45, 7) is 1.87. The van der Waals surface area contributed by atoms with Gasteiger partial charge in [0.05, 0.1) is 34.0 Å². The molecule has 2 atom stereocenters. The van der Waals surface area contributed by atoms with Crippen LogP contribution in [0, 0.1) is 0 Å². The van der Waals surface area contributed by atoms with Crippen molar-refractivity contribution < 1.29 is 14.3 Å². The molecule has 5 rings (SSSR count). The number of rotatable bonds is 4. The molecule has 1 saturated heterocycles. The Bertz CT molecular complexity index is 1100. The lowest BCUT2D eigenvalue weighted by molar-refractivity contribution is -0.131. The van der Waals surface area contributed by atoms with E-state index in [0.29, 0.717) is 12.3 Å². The Balaban J connectivity index is 1.31. The maximum atomic E-state index is 13.2. The second-order valence-corrected chi connectivity index (χ2v) is 9.12. The third-order valence-electron chi connectivity index (χ3n) is 5.94. The Labute approximate surface area is 184 Å². The second-order valence-electron chi connectivity index (χ2n) is 8.06. The quantitative estimate of drug-likeness (QED) is 0.679. The predicted molar refractivity (Wildman–Crippen MR) is 120 cm³/mol. The van der Waals surface area contributed by atoms with Crippen molar-refractivity contribution in [3.63, 3.8) is 0 Å². The number of aromatic nitrogens is 1. The maximum absolute atomic E-state index is 13.2. The predicted octanol–water partition coefficient (Wildman–Crippen LogP) is 2.76. The fraction of sp³-hybridized carbons (Fsp3) is 0.348. The summed E-state index contributed by atoms with van der Waals surface area (Å²) in [5.41, 5.74) is 7.32. The van der Waals surface area contributed by atoms with E-state index in [1.165, 1.54) is 4.70 Å². The van der Waals surface area contributed by atoms with E-state index < -0.39 is 12.0 Å². The van der Waals surface area contributed by atoms with Crippen LogP contribution in [-0.2, 0) is 9.59 Å². The lowest BCUT2D eigenvalue weighted by Crippen LogP contribution is -2.51. The van der Waals surface area contributed by atoms with Gasteiger partial charge < -0.3 is 20.3 Å². The third-order valence-corrected chi connectivity index (χ3v) is 7.14. The summed E-state index contributed by atoms with van der Waals surface area (Å²) in [5, 5.41) is 1.10. The molecule has 160 valence electrons. The average Bonchev–Trinajstić information content (AvgIpc) is 3.23. The van der Waals surface area contributed by atoms with Crippen molar-refractivity contribution >= 4 is 39.1 Å². The molecule has 0 unspecified atom stereocenters. The van der Waals surface area contributed by atoms with E-state index in [1.54, 1.807) is 17.4 Å². The first-order valence-electron chi connectivity index (χ1n) is 10.5. The van der Waals surface area contributed by atoms with Gasteiger partial charge in [-0.25, -0.2) is 4.98 Å². The zero-order chi connectivity index (χ0) is 21.4. The van der Waals surface area contributed by atoms with Crippen LogP contribution in [0.3, 0.4) is 0 Å². The van der Waals surface area contributed by atoms with E-state index >= 15 is 0 Å². The highest BCUT2D eigenvalue weighted by Gasteiger charge is 2.33. The lowest BCUT2D eigenvalue weighted by atomic mass is 9.98. The van der Waals surface area contributed by atoms with E-state index in [2.05, 4.69) is 6.07 Å². The molecule has 1 fully saturated rings. The summed E-state index contributed by atoms with van der Waals surface area (Å²) in [5.74, 6) is 0.355. The molecule has 7 nitrogen and oxygen atoms in total. The second kappa shape index (κ2) is 8.19. The molecule has 2 amide bonds. The molecule has 1 aromatic heterocycles. The summed E-state index contributed by atoms with van der Waals surface area (Å²) >= 11 is 1.72. The molecule has 0 saturated carbocycles. The number of likely N-dealkylation sites (tertiary alicyclic amines) is 1. The van der Waals surface area contributed by atoms with Crippen molar-refractivity contribution in [2.24, 2.45) is 5.73 Å². The highest BCUT2D eigenvalue weighted by Crippen LogP contribution is 2.35. The standard InChI is InChI=1S/C23H24N4O3S/c24-22(29)19-13-27(17-8-2-3-9-18(17)30-19)14-21(28)26-11-5-6-15(12-26)23-25-16-7-1-4-10-20(16)31-23/h1-4,7-10,15,19H,5-6,11-14H2,(H2,24,29)/t15-,19-/m0/s1. The van der Waals surface area contributed by atoms with Gasteiger partial charge in [-0.15, -0.1) is 11.3 Å². The molecule has 0 bridgehead atoms. The average molecular weight is 437 g/mol. The Hall–Kier alpha value is -3.13. The molecule has 31 heavy (non-hydrogen) atoms. The number of hydrogen-bond donors (Lipinski definition) is 1. The first-order chi connectivity index (χ1) is 15.1. The highest BCUT2D eigenvalue weighted by atomic mass is 32.1. The fourth-order valence-corrected chi connectivity index (χ4v) is 5.43. The summed E-state index contributed by atoms with van der Waals surface area (Å²) in [4.78, 5) is 33.6. The number of carbonyl (C=O) groups is 2. The number of nitrogens with zero attached hydrogens (tertiary/aromatic N) is 3. The van der Waals surface area contributed by atoms with Gasteiger partial charge in [0.1, 0.15) is 5.75 Å².